The molecule has 0 aromatic heterocycles. The van der Waals surface area contributed by atoms with E-state index in [2.05, 4.69) is 5.32 Å². The molecule has 0 aliphatic heterocycles. The van der Waals surface area contributed by atoms with Gasteiger partial charge >= 0.3 is 0 Å². The number of nitriles is 1. The van der Waals surface area contributed by atoms with Crippen LogP contribution in [-0.2, 0) is 4.79 Å². The smallest absolute Gasteiger partial charge is 0.245 e. The van der Waals surface area contributed by atoms with E-state index in [-0.39, 0.29) is 6.10 Å². The summed E-state index contributed by atoms with van der Waals surface area (Å²) in [6.45, 7) is 0. The van der Waals surface area contributed by atoms with Gasteiger partial charge in [0.15, 0.2) is 11.7 Å². The van der Waals surface area contributed by atoms with Crippen LogP contribution in [0.3, 0.4) is 0 Å². The topological polar surface area (TPSA) is 79.2 Å². The number of Topliss-reactive ketones (excluding diaryl/α,β-unsaturated/α-hetero) is 1. The predicted molar refractivity (Wildman–Crippen MR) is 81.4 cm³/mol. The standard InChI is InChI=1S/C17H20N2O3/c1-19-17(21)15(11-18)16(20)12-6-5-9-14(10-12)22-13-7-3-2-4-8-13/h5-6,9-10,13,15H,2-4,7-8H2,1H3,(H,19,21)/t15-/m0/s1. The minimum Gasteiger partial charge on any atom is -0.490 e. The van der Waals surface area contributed by atoms with Gasteiger partial charge in [-0.2, -0.15) is 5.26 Å². The number of nitrogens with zero attached hydrogens (tertiary/aromatic N) is 1. The van der Waals surface area contributed by atoms with Crippen LogP contribution in [0.2, 0.25) is 0 Å². The summed E-state index contributed by atoms with van der Waals surface area (Å²) in [5.41, 5.74) is 0.323. The maximum absolute atomic E-state index is 12.3. The molecule has 5 heteroatoms. The van der Waals surface area contributed by atoms with Gasteiger partial charge in [0.2, 0.25) is 5.91 Å². The van der Waals surface area contributed by atoms with E-state index in [0.29, 0.717) is 11.3 Å². The van der Waals surface area contributed by atoms with Crippen molar-refractivity contribution in [1.82, 2.24) is 5.32 Å². The van der Waals surface area contributed by atoms with E-state index in [4.69, 9.17) is 10.00 Å². The van der Waals surface area contributed by atoms with Crippen LogP contribution in [0.15, 0.2) is 24.3 Å². The molecule has 1 saturated carbocycles. The van der Waals surface area contributed by atoms with Gasteiger partial charge in [0, 0.05) is 12.6 Å². The van der Waals surface area contributed by atoms with Crippen LogP contribution in [0.1, 0.15) is 42.5 Å². The maximum atomic E-state index is 12.3. The SMILES string of the molecule is CNC(=O)[C@@H](C#N)C(=O)c1cccc(OC2CCCCC2)c1. The van der Waals surface area contributed by atoms with Crippen molar-refractivity contribution in [3.8, 4) is 11.8 Å². The van der Waals surface area contributed by atoms with Crippen LogP contribution in [0.4, 0.5) is 0 Å². The molecule has 0 spiro atoms. The molecule has 0 unspecified atom stereocenters. The Labute approximate surface area is 130 Å². The van der Waals surface area contributed by atoms with Crippen molar-refractivity contribution in [3.63, 3.8) is 0 Å². The van der Waals surface area contributed by atoms with Crippen LogP contribution in [0, 0.1) is 17.2 Å². The monoisotopic (exact) mass is 300 g/mol. The van der Waals surface area contributed by atoms with Crippen LogP contribution in [-0.4, -0.2) is 24.8 Å². The Morgan fingerprint density at radius 3 is 2.68 bits per heavy atom. The highest BCUT2D eigenvalue weighted by Gasteiger charge is 2.27. The van der Waals surface area contributed by atoms with E-state index in [0.717, 1.165) is 25.7 Å². The van der Waals surface area contributed by atoms with Gasteiger partial charge in [0.05, 0.1) is 12.2 Å². The summed E-state index contributed by atoms with van der Waals surface area (Å²) in [4.78, 5) is 23.9. The lowest BCUT2D eigenvalue weighted by molar-refractivity contribution is -0.121. The molecule has 1 amide bonds. The third-order valence-corrected chi connectivity index (χ3v) is 3.87. The molecular formula is C17H20N2O3. The zero-order chi connectivity index (χ0) is 15.9. The summed E-state index contributed by atoms with van der Waals surface area (Å²) < 4.78 is 5.91. The molecule has 5 nitrogen and oxygen atoms in total. The number of rotatable bonds is 5. The minimum absolute atomic E-state index is 0.185. The lowest BCUT2D eigenvalue weighted by Gasteiger charge is -2.23. The fourth-order valence-electron chi connectivity index (χ4n) is 2.65. The average Bonchev–Trinajstić information content (AvgIpc) is 2.56. The van der Waals surface area contributed by atoms with Gasteiger partial charge < -0.3 is 10.1 Å². The van der Waals surface area contributed by atoms with Gasteiger partial charge in [0.25, 0.3) is 0 Å². The van der Waals surface area contributed by atoms with Crippen molar-refractivity contribution in [2.24, 2.45) is 5.92 Å². The average molecular weight is 300 g/mol. The molecule has 116 valence electrons. The van der Waals surface area contributed by atoms with Crippen molar-refractivity contribution in [2.75, 3.05) is 7.05 Å². The van der Waals surface area contributed by atoms with Crippen LogP contribution < -0.4 is 10.1 Å². The first kappa shape index (κ1) is 16.0. The highest BCUT2D eigenvalue weighted by atomic mass is 16.5. The quantitative estimate of drug-likeness (QED) is 0.669. The molecule has 1 N–H and O–H groups in total. The molecule has 1 aromatic carbocycles. The number of hydrogen-bond acceptors (Lipinski definition) is 4. The summed E-state index contributed by atoms with van der Waals surface area (Å²) in [5, 5.41) is 11.4. The number of nitrogens with one attached hydrogen (secondary N) is 1. The third-order valence-electron chi connectivity index (χ3n) is 3.87. The Balaban J connectivity index is 2.11. The molecule has 0 bridgehead atoms. The molecule has 1 aromatic rings. The van der Waals surface area contributed by atoms with E-state index in [1.165, 1.54) is 13.5 Å². The number of benzene rings is 1. The second-order valence-corrected chi connectivity index (χ2v) is 5.45. The van der Waals surface area contributed by atoms with Crippen LogP contribution in [0.25, 0.3) is 0 Å². The lowest BCUT2D eigenvalue weighted by atomic mass is 9.97. The summed E-state index contributed by atoms with van der Waals surface area (Å²) in [7, 11) is 1.41. The third kappa shape index (κ3) is 3.85. The zero-order valence-electron chi connectivity index (χ0n) is 12.7. The number of hydrogen-bond donors (Lipinski definition) is 1. The van der Waals surface area contributed by atoms with Crippen LogP contribution >= 0.6 is 0 Å². The Hall–Kier alpha value is -2.35. The second-order valence-electron chi connectivity index (χ2n) is 5.45. The molecule has 22 heavy (non-hydrogen) atoms. The highest BCUT2D eigenvalue weighted by Crippen LogP contribution is 2.24. The molecule has 0 saturated heterocycles. The number of carbonyl (C=O) groups excluding carboxylic acids is 2. The van der Waals surface area contributed by atoms with Crippen molar-refractivity contribution < 1.29 is 14.3 Å². The second kappa shape index (κ2) is 7.60. The van der Waals surface area contributed by atoms with Gasteiger partial charge in [-0.3, -0.25) is 9.59 Å². The van der Waals surface area contributed by atoms with Crippen molar-refractivity contribution in [1.29, 1.82) is 5.26 Å². The van der Waals surface area contributed by atoms with E-state index < -0.39 is 17.6 Å². The molecule has 0 heterocycles. The number of ketones is 1. The van der Waals surface area contributed by atoms with Crippen molar-refractivity contribution in [3.05, 3.63) is 29.8 Å². The minimum atomic E-state index is -1.32. The van der Waals surface area contributed by atoms with Crippen molar-refractivity contribution >= 4 is 11.7 Å². The Bertz CT molecular complexity index is 586. The summed E-state index contributed by atoms with van der Waals surface area (Å²) in [6, 6.07) is 8.48. The maximum Gasteiger partial charge on any atom is 0.245 e. The Morgan fingerprint density at radius 2 is 2.05 bits per heavy atom. The number of amides is 1. The molecule has 0 radical (unpaired) electrons. The highest BCUT2D eigenvalue weighted by molar-refractivity contribution is 6.12. The number of ether oxygens (including phenoxy) is 1. The van der Waals surface area contributed by atoms with E-state index in [1.54, 1.807) is 30.3 Å². The number of carbonyl (C=O) groups is 2. The van der Waals surface area contributed by atoms with Gasteiger partial charge in [-0.15, -0.1) is 0 Å². The predicted octanol–water partition coefficient (Wildman–Crippen LogP) is 2.47. The summed E-state index contributed by atoms with van der Waals surface area (Å²) in [5.74, 6) is -1.80. The van der Waals surface area contributed by atoms with Crippen LogP contribution in [0.5, 0.6) is 5.75 Å². The molecule has 1 atom stereocenters. The lowest BCUT2D eigenvalue weighted by Crippen LogP contribution is -2.32. The molecule has 2 rings (SSSR count). The molecule has 1 fully saturated rings. The van der Waals surface area contributed by atoms with E-state index in [9.17, 15) is 9.59 Å². The first-order valence-electron chi connectivity index (χ1n) is 7.58. The van der Waals surface area contributed by atoms with Gasteiger partial charge in [0.1, 0.15) is 5.75 Å². The first-order valence-corrected chi connectivity index (χ1v) is 7.58. The molecule has 1 aliphatic carbocycles. The zero-order valence-corrected chi connectivity index (χ0v) is 12.7. The fraction of sp³-hybridized carbons (Fsp3) is 0.471. The largest absolute Gasteiger partial charge is 0.490 e. The summed E-state index contributed by atoms with van der Waals surface area (Å²) in [6.07, 6.45) is 5.81. The van der Waals surface area contributed by atoms with E-state index in [1.807, 2.05) is 0 Å². The normalized spacial score (nSPS) is 16.4. The Morgan fingerprint density at radius 1 is 1.32 bits per heavy atom. The van der Waals surface area contributed by atoms with Gasteiger partial charge in [-0.25, -0.2) is 0 Å². The first-order chi connectivity index (χ1) is 10.7. The Kier molecular flexibility index (Phi) is 5.54. The van der Waals surface area contributed by atoms with Gasteiger partial charge in [-0.05, 0) is 37.8 Å². The molecule has 1 aliphatic rings. The van der Waals surface area contributed by atoms with E-state index >= 15 is 0 Å². The van der Waals surface area contributed by atoms with Crippen molar-refractivity contribution in [2.45, 2.75) is 38.2 Å². The summed E-state index contributed by atoms with van der Waals surface area (Å²) >= 11 is 0. The van der Waals surface area contributed by atoms with Gasteiger partial charge in [-0.1, -0.05) is 18.6 Å². The fourth-order valence-corrected chi connectivity index (χ4v) is 2.65. The molecular weight excluding hydrogens is 280 g/mol.